The van der Waals surface area contributed by atoms with Crippen LogP contribution in [0.1, 0.15) is 12.5 Å². The average molecular weight is 272 g/mol. The lowest BCUT2D eigenvalue weighted by molar-refractivity contribution is 0.600. The minimum Gasteiger partial charge on any atom is -0.229 e. The minimum atomic E-state index is -3.46. The van der Waals surface area contributed by atoms with Gasteiger partial charge in [0.2, 0.25) is 9.84 Å². The highest BCUT2D eigenvalue weighted by atomic mass is 32.2. The van der Waals surface area contributed by atoms with Gasteiger partial charge in [0, 0.05) is 11.2 Å². The molecule has 2 rings (SSSR count). The van der Waals surface area contributed by atoms with E-state index in [9.17, 15) is 16.8 Å². The molecule has 0 spiro atoms. The Morgan fingerprint density at radius 2 is 1.82 bits per heavy atom. The van der Waals surface area contributed by atoms with Gasteiger partial charge in [-0.3, -0.25) is 0 Å². The van der Waals surface area contributed by atoms with Crippen LogP contribution < -0.4 is 0 Å². The van der Waals surface area contributed by atoms with E-state index in [2.05, 4.69) is 0 Å². The molecule has 1 aliphatic rings. The van der Waals surface area contributed by atoms with Gasteiger partial charge in [0.25, 0.3) is 0 Å². The molecule has 0 N–H and O–H groups in total. The molecule has 0 unspecified atom stereocenters. The van der Waals surface area contributed by atoms with Crippen LogP contribution in [0, 0.1) is 0 Å². The number of benzene rings is 1. The van der Waals surface area contributed by atoms with Crippen molar-refractivity contribution < 1.29 is 16.8 Å². The Hall–Kier alpha value is -1.14. The topological polar surface area (TPSA) is 68.3 Å². The quantitative estimate of drug-likeness (QED) is 0.830. The van der Waals surface area contributed by atoms with Gasteiger partial charge in [-0.2, -0.15) is 0 Å². The van der Waals surface area contributed by atoms with Crippen LogP contribution in [0.3, 0.4) is 0 Å². The third kappa shape index (κ3) is 2.28. The number of hydrogen-bond acceptors (Lipinski definition) is 4. The Bertz CT molecular complexity index is 682. The van der Waals surface area contributed by atoms with E-state index < -0.39 is 19.7 Å². The highest BCUT2D eigenvalue weighted by molar-refractivity contribution is 7.95. The Kier molecular flexibility index (Phi) is 2.87. The van der Waals surface area contributed by atoms with Gasteiger partial charge >= 0.3 is 0 Å². The molecule has 0 atom stereocenters. The number of hydrogen-bond donors (Lipinski definition) is 0. The van der Waals surface area contributed by atoms with E-state index in [0.29, 0.717) is 11.1 Å². The fourth-order valence-electron chi connectivity index (χ4n) is 1.75. The smallest absolute Gasteiger partial charge is 0.200 e. The largest absolute Gasteiger partial charge is 0.229 e. The van der Waals surface area contributed by atoms with Crippen LogP contribution in [0.25, 0.3) is 5.57 Å². The highest BCUT2D eigenvalue weighted by Crippen LogP contribution is 2.33. The molecule has 0 saturated carbocycles. The highest BCUT2D eigenvalue weighted by Gasteiger charge is 2.28. The summed E-state index contributed by atoms with van der Waals surface area (Å²) in [5, 5.41) is 1.06. The van der Waals surface area contributed by atoms with Crippen LogP contribution in [0.5, 0.6) is 0 Å². The van der Waals surface area contributed by atoms with Gasteiger partial charge in [-0.05, 0) is 17.2 Å². The molecule has 0 fully saturated rings. The normalized spacial score (nSPS) is 17.6. The second-order valence-electron chi connectivity index (χ2n) is 3.86. The van der Waals surface area contributed by atoms with Gasteiger partial charge in [0.05, 0.1) is 10.6 Å². The second-order valence-corrected chi connectivity index (χ2v) is 7.98. The molecule has 17 heavy (non-hydrogen) atoms. The molecule has 1 aromatic carbocycles. The lowest BCUT2D eigenvalue weighted by Crippen LogP contribution is -2.09. The number of rotatable bonds is 3. The maximum atomic E-state index is 11.8. The SMILES string of the molecule is CCS(=O)(=O)CC1=CS(=O)(=O)c2ccccc21. The van der Waals surface area contributed by atoms with Gasteiger partial charge in [-0.25, -0.2) is 16.8 Å². The van der Waals surface area contributed by atoms with Crippen molar-refractivity contribution in [2.75, 3.05) is 11.5 Å². The standard InChI is InChI=1S/C11H12O4S2/c1-2-16(12,13)7-9-8-17(14,15)11-6-4-3-5-10(9)11/h3-6,8H,2,7H2,1H3. The summed E-state index contributed by atoms with van der Waals surface area (Å²) in [4.78, 5) is 0.196. The van der Waals surface area contributed by atoms with Crippen LogP contribution in [0.2, 0.25) is 0 Å². The van der Waals surface area contributed by atoms with E-state index in [4.69, 9.17) is 0 Å². The van der Waals surface area contributed by atoms with Crippen LogP contribution in [-0.2, 0) is 19.7 Å². The van der Waals surface area contributed by atoms with Gasteiger partial charge in [-0.15, -0.1) is 0 Å². The second kappa shape index (κ2) is 3.96. The molecule has 0 aliphatic carbocycles. The molecule has 0 aromatic heterocycles. The third-order valence-corrected chi connectivity index (χ3v) is 5.85. The summed E-state index contributed by atoms with van der Waals surface area (Å²) in [6.07, 6.45) is 0. The fraction of sp³-hybridized carbons (Fsp3) is 0.273. The van der Waals surface area contributed by atoms with Crippen molar-refractivity contribution >= 4 is 25.2 Å². The first-order chi connectivity index (χ1) is 7.86. The van der Waals surface area contributed by atoms with Crippen molar-refractivity contribution in [3.8, 4) is 0 Å². The molecule has 92 valence electrons. The first kappa shape index (κ1) is 12.3. The van der Waals surface area contributed by atoms with Gasteiger partial charge in [0.15, 0.2) is 9.84 Å². The van der Waals surface area contributed by atoms with Crippen molar-refractivity contribution in [1.82, 2.24) is 0 Å². The van der Waals surface area contributed by atoms with Crippen LogP contribution in [0.15, 0.2) is 34.6 Å². The summed E-state index contributed by atoms with van der Waals surface area (Å²) >= 11 is 0. The maximum absolute atomic E-state index is 11.8. The summed E-state index contributed by atoms with van der Waals surface area (Å²) in [5.74, 6) is -0.216. The zero-order chi connectivity index (χ0) is 12.7. The molecule has 0 amide bonds. The summed E-state index contributed by atoms with van der Waals surface area (Å²) in [6, 6.07) is 6.46. The monoisotopic (exact) mass is 272 g/mol. The van der Waals surface area contributed by atoms with E-state index in [0.717, 1.165) is 5.41 Å². The molecule has 0 saturated heterocycles. The summed E-state index contributed by atoms with van der Waals surface area (Å²) in [7, 11) is -6.69. The van der Waals surface area contributed by atoms with Gasteiger partial charge in [-0.1, -0.05) is 25.1 Å². The van der Waals surface area contributed by atoms with E-state index in [1.807, 2.05) is 0 Å². The Labute approximate surface area is 101 Å². The van der Waals surface area contributed by atoms with Crippen LogP contribution in [-0.4, -0.2) is 28.3 Å². The van der Waals surface area contributed by atoms with E-state index >= 15 is 0 Å². The fourth-order valence-corrected chi connectivity index (χ4v) is 4.25. The molecular weight excluding hydrogens is 260 g/mol. The molecule has 1 heterocycles. The molecule has 0 radical (unpaired) electrons. The molecule has 1 aliphatic heterocycles. The average Bonchev–Trinajstić information content (AvgIpc) is 2.51. The number of fused-ring (bicyclic) bond motifs is 1. The van der Waals surface area contributed by atoms with Crippen LogP contribution in [0.4, 0.5) is 0 Å². The zero-order valence-electron chi connectivity index (χ0n) is 9.25. The van der Waals surface area contributed by atoms with E-state index in [1.54, 1.807) is 25.1 Å². The van der Waals surface area contributed by atoms with Crippen LogP contribution >= 0.6 is 0 Å². The first-order valence-electron chi connectivity index (χ1n) is 5.11. The van der Waals surface area contributed by atoms with Crippen molar-refractivity contribution in [2.45, 2.75) is 11.8 Å². The molecule has 1 aromatic rings. The lowest BCUT2D eigenvalue weighted by Gasteiger charge is -2.03. The summed E-state index contributed by atoms with van der Waals surface area (Å²) in [6.45, 7) is 1.55. The maximum Gasteiger partial charge on any atom is 0.200 e. The predicted octanol–water partition coefficient (Wildman–Crippen LogP) is 1.25. The molecule has 6 heteroatoms. The Morgan fingerprint density at radius 1 is 1.18 bits per heavy atom. The number of sulfone groups is 2. The third-order valence-electron chi connectivity index (χ3n) is 2.65. The van der Waals surface area contributed by atoms with Crippen molar-refractivity contribution in [2.24, 2.45) is 0 Å². The molecule has 4 nitrogen and oxygen atoms in total. The lowest BCUT2D eigenvalue weighted by atomic mass is 10.1. The van der Waals surface area contributed by atoms with Gasteiger partial charge < -0.3 is 0 Å². The Balaban J connectivity index is 2.53. The first-order valence-corrected chi connectivity index (χ1v) is 8.48. The molecule has 0 bridgehead atoms. The predicted molar refractivity (Wildman–Crippen MR) is 65.9 cm³/mol. The van der Waals surface area contributed by atoms with Crippen molar-refractivity contribution in [1.29, 1.82) is 0 Å². The van der Waals surface area contributed by atoms with Crippen molar-refractivity contribution in [3.63, 3.8) is 0 Å². The van der Waals surface area contributed by atoms with Crippen molar-refractivity contribution in [3.05, 3.63) is 35.2 Å². The zero-order valence-corrected chi connectivity index (χ0v) is 10.9. The van der Waals surface area contributed by atoms with E-state index in [-0.39, 0.29) is 16.4 Å². The summed E-state index contributed by atoms with van der Waals surface area (Å²) < 4.78 is 46.6. The molecular formula is C11H12O4S2. The van der Waals surface area contributed by atoms with E-state index in [1.165, 1.54) is 6.07 Å². The Morgan fingerprint density at radius 3 is 2.47 bits per heavy atom. The minimum absolute atomic E-state index is 0.00650. The van der Waals surface area contributed by atoms with Gasteiger partial charge in [0.1, 0.15) is 0 Å². The summed E-state index contributed by atoms with van der Waals surface area (Å²) in [5.41, 5.74) is 0.868.